The Morgan fingerprint density at radius 3 is 2.06 bits per heavy atom. The Balaban J connectivity index is 2.10. The zero-order chi connectivity index (χ0) is 12.3. The molecule has 4 saturated carbocycles. The van der Waals surface area contributed by atoms with Gasteiger partial charge in [0, 0.05) is 5.41 Å². The lowest BCUT2D eigenvalue weighted by Gasteiger charge is -2.66. The Morgan fingerprint density at radius 2 is 1.65 bits per heavy atom. The topological polar surface area (TPSA) is 17.1 Å². The zero-order valence-electron chi connectivity index (χ0n) is 11.0. The fourth-order valence-electron chi connectivity index (χ4n) is 6.08. The van der Waals surface area contributed by atoms with Gasteiger partial charge in [0.05, 0.1) is 0 Å². The van der Waals surface area contributed by atoms with E-state index in [4.69, 9.17) is 0 Å². The molecule has 0 saturated heterocycles. The summed E-state index contributed by atoms with van der Waals surface area (Å²) in [6.45, 7) is 4.62. The molecule has 4 fully saturated rings. The zero-order valence-corrected chi connectivity index (χ0v) is 12.6. The Kier molecular flexibility index (Phi) is 2.74. The molecule has 0 aromatic rings. The molecule has 2 heteroatoms. The van der Waals surface area contributed by atoms with Crippen LogP contribution in [0.3, 0.4) is 0 Å². The van der Waals surface area contributed by atoms with E-state index in [9.17, 15) is 4.79 Å². The Labute approximate surface area is 113 Å². The molecule has 0 heterocycles. The van der Waals surface area contributed by atoms with E-state index in [0.717, 1.165) is 17.8 Å². The van der Waals surface area contributed by atoms with Crippen LogP contribution in [-0.4, -0.2) is 4.69 Å². The van der Waals surface area contributed by atoms with Crippen molar-refractivity contribution in [1.82, 2.24) is 0 Å². The molecule has 4 rings (SSSR count). The van der Waals surface area contributed by atoms with Crippen molar-refractivity contribution in [3.63, 3.8) is 0 Å². The lowest BCUT2D eigenvalue weighted by Crippen LogP contribution is -2.61. The first-order valence-corrected chi connectivity index (χ1v) is 8.07. The fraction of sp³-hybridized carbons (Fsp3) is 0.933. The van der Waals surface area contributed by atoms with Crippen molar-refractivity contribution in [2.24, 2.45) is 28.6 Å². The highest BCUT2D eigenvalue weighted by Gasteiger charge is 2.66. The van der Waals surface area contributed by atoms with Crippen LogP contribution in [0.1, 0.15) is 58.8 Å². The quantitative estimate of drug-likeness (QED) is 0.699. The van der Waals surface area contributed by atoms with Crippen LogP contribution < -0.4 is 0 Å². The third-order valence-corrected chi connectivity index (χ3v) is 7.31. The fourth-order valence-corrected chi connectivity index (χ4v) is 6.79. The number of rotatable bonds is 3. The number of halogens is 1. The van der Waals surface area contributed by atoms with Crippen LogP contribution in [0.25, 0.3) is 0 Å². The van der Waals surface area contributed by atoms with Gasteiger partial charge in [0.1, 0.15) is 0 Å². The standard InChI is InChI=1S/C15H23BrO/c1-3-14(4-2)12-6-10-5-11(7-12)9-15(14,8-10)13(16)17/h10-12H,3-9H2,1-2H3. The van der Waals surface area contributed by atoms with Gasteiger partial charge in [-0.25, -0.2) is 0 Å². The second-order valence-corrected chi connectivity index (χ2v) is 7.48. The van der Waals surface area contributed by atoms with E-state index < -0.39 is 0 Å². The van der Waals surface area contributed by atoms with Crippen LogP contribution in [-0.2, 0) is 4.79 Å². The van der Waals surface area contributed by atoms with E-state index >= 15 is 0 Å². The summed E-state index contributed by atoms with van der Waals surface area (Å²) in [7, 11) is 0. The highest BCUT2D eigenvalue weighted by molar-refractivity contribution is 9.18. The molecule has 96 valence electrons. The van der Waals surface area contributed by atoms with Gasteiger partial charge in [0.2, 0.25) is 4.69 Å². The predicted molar refractivity (Wildman–Crippen MR) is 72.9 cm³/mol. The predicted octanol–water partition coefficient (Wildman–Crippen LogP) is 4.54. The number of carbonyl (C=O) groups is 1. The maximum atomic E-state index is 12.3. The molecule has 0 aromatic heterocycles. The van der Waals surface area contributed by atoms with Crippen LogP contribution in [0.15, 0.2) is 0 Å². The number of hydrogen-bond acceptors (Lipinski definition) is 1. The maximum Gasteiger partial charge on any atom is 0.204 e. The molecule has 0 radical (unpaired) electrons. The molecule has 4 bridgehead atoms. The average molecular weight is 299 g/mol. The van der Waals surface area contributed by atoms with E-state index in [1.165, 1.54) is 44.9 Å². The van der Waals surface area contributed by atoms with Gasteiger partial charge in [-0.1, -0.05) is 13.8 Å². The summed E-state index contributed by atoms with van der Waals surface area (Å²) in [6.07, 6.45) is 8.93. The molecule has 2 unspecified atom stereocenters. The average Bonchev–Trinajstić information content (AvgIpc) is 2.29. The third-order valence-electron chi connectivity index (χ3n) is 6.55. The summed E-state index contributed by atoms with van der Waals surface area (Å²) in [5.74, 6) is 2.52. The first-order chi connectivity index (χ1) is 8.08. The van der Waals surface area contributed by atoms with Gasteiger partial charge in [-0.3, -0.25) is 4.79 Å². The van der Waals surface area contributed by atoms with Crippen molar-refractivity contribution >= 4 is 20.6 Å². The second kappa shape index (κ2) is 3.82. The van der Waals surface area contributed by atoms with Gasteiger partial charge in [-0.15, -0.1) is 0 Å². The molecule has 0 aromatic carbocycles. The minimum absolute atomic E-state index is 0.00868. The normalized spacial score (nSPS) is 46.2. The van der Waals surface area contributed by atoms with Gasteiger partial charge >= 0.3 is 0 Å². The Morgan fingerprint density at radius 1 is 1.12 bits per heavy atom. The van der Waals surface area contributed by atoms with E-state index in [1.54, 1.807) is 0 Å². The molecule has 0 N–H and O–H groups in total. The van der Waals surface area contributed by atoms with Crippen LogP contribution in [0.5, 0.6) is 0 Å². The molecular weight excluding hydrogens is 276 g/mol. The highest BCUT2D eigenvalue weighted by atomic mass is 79.9. The highest BCUT2D eigenvalue weighted by Crippen LogP contribution is 2.71. The molecule has 1 nitrogen and oxygen atoms in total. The van der Waals surface area contributed by atoms with Gasteiger partial charge in [-0.05, 0) is 84.0 Å². The lowest BCUT2D eigenvalue weighted by atomic mass is 9.38. The molecule has 2 atom stereocenters. The minimum Gasteiger partial charge on any atom is -0.286 e. The van der Waals surface area contributed by atoms with Crippen LogP contribution in [0, 0.1) is 28.6 Å². The Bertz CT molecular complexity index is 331. The molecule has 17 heavy (non-hydrogen) atoms. The number of carbonyl (C=O) groups excluding carboxylic acids is 1. The van der Waals surface area contributed by atoms with E-state index in [0.29, 0.717) is 10.1 Å². The largest absolute Gasteiger partial charge is 0.286 e. The monoisotopic (exact) mass is 298 g/mol. The van der Waals surface area contributed by atoms with Crippen molar-refractivity contribution in [2.75, 3.05) is 0 Å². The summed E-state index contributed by atoms with van der Waals surface area (Å²) in [4.78, 5) is 12.3. The van der Waals surface area contributed by atoms with Gasteiger partial charge < -0.3 is 0 Å². The van der Waals surface area contributed by atoms with E-state index in [-0.39, 0.29) is 5.41 Å². The molecule has 4 aliphatic rings. The molecular formula is C15H23BrO. The smallest absolute Gasteiger partial charge is 0.204 e. The van der Waals surface area contributed by atoms with E-state index in [2.05, 4.69) is 29.8 Å². The summed E-state index contributed by atoms with van der Waals surface area (Å²) >= 11 is 3.38. The third kappa shape index (κ3) is 1.34. The molecule has 0 amide bonds. The first-order valence-electron chi connectivity index (χ1n) is 7.28. The molecule has 4 aliphatic carbocycles. The van der Waals surface area contributed by atoms with E-state index in [1.807, 2.05) is 0 Å². The Hall–Kier alpha value is 0.150. The van der Waals surface area contributed by atoms with Crippen LogP contribution in [0.4, 0.5) is 0 Å². The second-order valence-electron chi connectivity index (χ2n) is 6.76. The van der Waals surface area contributed by atoms with Crippen LogP contribution in [0.2, 0.25) is 0 Å². The van der Waals surface area contributed by atoms with Gasteiger partial charge in [-0.2, -0.15) is 0 Å². The number of hydrogen-bond donors (Lipinski definition) is 0. The first kappa shape index (κ1) is 12.2. The van der Waals surface area contributed by atoms with Crippen LogP contribution >= 0.6 is 15.9 Å². The van der Waals surface area contributed by atoms with Crippen molar-refractivity contribution < 1.29 is 4.79 Å². The van der Waals surface area contributed by atoms with Crippen molar-refractivity contribution in [1.29, 1.82) is 0 Å². The summed E-state index contributed by atoms with van der Waals surface area (Å²) in [5.41, 5.74) is 0.298. The summed E-state index contributed by atoms with van der Waals surface area (Å²) in [6, 6.07) is 0. The minimum atomic E-state index is -0.00868. The molecule has 0 spiro atoms. The SMILES string of the molecule is CCC1(CC)C2CC3CC(C2)CC1(C(=O)Br)C3. The van der Waals surface area contributed by atoms with Crippen molar-refractivity contribution in [3.05, 3.63) is 0 Å². The lowest BCUT2D eigenvalue weighted by molar-refractivity contribution is -0.182. The van der Waals surface area contributed by atoms with Crippen molar-refractivity contribution in [2.45, 2.75) is 58.8 Å². The van der Waals surface area contributed by atoms with Gasteiger partial charge in [0.25, 0.3) is 0 Å². The van der Waals surface area contributed by atoms with Gasteiger partial charge in [0.15, 0.2) is 0 Å². The maximum absolute atomic E-state index is 12.3. The molecule has 0 aliphatic heterocycles. The summed E-state index contributed by atoms with van der Waals surface area (Å²) in [5, 5.41) is 0. The summed E-state index contributed by atoms with van der Waals surface area (Å²) < 4.78 is 0.327. The van der Waals surface area contributed by atoms with Crippen molar-refractivity contribution in [3.8, 4) is 0 Å².